The van der Waals surface area contributed by atoms with Gasteiger partial charge in [0.2, 0.25) is 0 Å². The topological polar surface area (TPSA) is 42.4 Å². The Hall–Kier alpha value is -1.29. The zero-order valence-corrected chi connectivity index (χ0v) is 12.5. The normalized spacial score (nSPS) is 19.0. The van der Waals surface area contributed by atoms with Crippen LogP contribution in [-0.4, -0.2) is 28.1 Å². The molecule has 1 unspecified atom stereocenters. The number of hydrogen-bond acceptors (Lipinski definition) is 3. The van der Waals surface area contributed by atoms with Crippen molar-refractivity contribution in [2.75, 3.05) is 6.54 Å². The monoisotopic (exact) mass is 282 g/mol. The predicted molar refractivity (Wildman–Crippen MR) is 74.3 cm³/mol. The predicted octanol–water partition coefficient (Wildman–Crippen LogP) is 3.59. The van der Waals surface area contributed by atoms with Gasteiger partial charge in [-0.25, -0.2) is 9.78 Å². The molecule has 0 fully saturated rings. The molecule has 0 spiro atoms. The molecule has 0 aromatic carbocycles. The first-order valence-electron chi connectivity index (χ1n) is 6.43. The molecule has 1 aliphatic rings. The highest BCUT2D eigenvalue weighted by molar-refractivity contribution is 6.29. The fourth-order valence-electron chi connectivity index (χ4n) is 2.22. The van der Waals surface area contributed by atoms with E-state index in [1.165, 1.54) is 0 Å². The number of rotatable bonds is 0. The van der Waals surface area contributed by atoms with Crippen LogP contribution >= 0.6 is 11.6 Å². The van der Waals surface area contributed by atoms with Crippen molar-refractivity contribution in [1.82, 2.24) is 9.88 Å². The average Bonchev–Trinajstić information content (AvgIpc) is 2.26. The zero-order chi connectivity index (χ0) is 14.2. The van der Waals surface area contributed by atoms with Gasteiger partial charge in [-0.15, -0.1) is 0 Å². The number of carbonyl (C=O) groups excluding carboxylic acids is 1. The lowest BCUT2D eigenvalue weighted by molar-refractivity contribution is 0.0158. The SMILES string of the molecule is CC1c2ccc(Cl)nc2CCN1C(=O)OC(C)(C)C. The van der Waals surface area contributed by atoms with E-state index in [0.29, 0.717) is 18.1 Å². The van der Waals surface area contributed by atoms with Gasteiger partial charge in [0.15, 0.2) is 0 Å². The van der Waals surface area contributed by atoms with Crippen LogP contribution in [0, 0.1) is 0 Å². The van der Waals surface area contributed by atoms with Gasteiger partial charge in [0.25, 0.3) is 0 Å². The summed E-state index contributed by atoms with van der Waals surface area (Å²) in [5.41, 5.74) is 1.54. The smallest absolute Gasteiger partial charge is 0.410 e. The second kappa shape index (κ2) is 5.00. The van der Waals surface area contributed by atoms with Crippen molar-refractivity contribution in [3.8, 4) is 0 Å². The summed E-state index contributed by atoms with van der Waals surface area (Å²) in [6.07, 6.45) is 0.431. The zero-order valence-electron chi connectivity index (χ0n) is 11.7. The highest BCUT2D eigenvalue weighted by atomic mass is 35.5. The molecule has 1 atom stereocenters. The molecule has 5 heteroatoms. The highest BCUT2D eigenvalue weighted by Gasteiger charge is 2.31. The standard InChI is InChI=1S/C14H19ClN2O2/c1-9-10-5-6-12(15)16-11(10)7-8-17(9)13(18)19-14(2,3)4/h5-6,9H,7-8H2,1-4H3. The number of amides is 1. The van der Waals surface area contributed by atoms with E-state index < -0.39 is 5.60 Å². The van der Waals surface area contributed by atoms with Gasteiger partial charge in [0, 0.05) is 18.7 Å². The molecule has 0 saturated heterocycles. The third-order valence-corrected chi connectivity index (χ3v) is 3.32. The summed E-state index contributed by atoms with van der Waals surface area (Å²) in [7, 11) is 0. The van der Waals surface area contributed by atoms with Gasteiger partial charge >= 0.3 is 6.09 Å². The van der Waals surface area contributed by atoms with Crippen LogP contribution in [0.2, 0.25) is 5.15 Å². The number of pyridine rings is 1. The van der Waals surface area contributed by atoms with Gasteiger partial charge in [0.1, 0.15) is 10.8 Å². The van der Waals surface area contributed by atoms with E-state index in [0.717, 1.165) is 11.3 Å². The van der Waals surface area contributed by atoms with Crippen LogP contribution in [0.3, 0.4) is 0 Å². The van der Waals surface area contributed by atoms with E-state index in [2.05, 4.69) is 4.98 Å². The van der Waals surface area contributed by atoms with E-state index in [1.807, 2.05) is 33.8 Å². The van der Waals surface area contributed by atoms with Crippen LogP contribution in [0.15, 0.2) is 12.1 Å². The Labute approximate surface area is 118 Å². The summed E-state index contributed by atoms with van der Waals surface area (Å²) in [5.74, 6) is 0. The molecular formula is C14H19ClN2O2. The van der Waals surface area contributed by atoms with Crippen LogP contribution in [0.25, 0.3) is 0 Å². The van der Waals surface area contributed by atoms with Crippen LogP contribution in [0.4, 0.5) is 4.79 Å². The first kappa shape index (κ1) is 14.1. The lowest BCUT2D eigenvalue weighted by atomic mass is 9.99. The van der Waals surface area contributed by atoms with Crippen molar-refractivity contribution in [2.24, 2.45) is 0 Å². The van der Waals surface area contributed by atoms with Gasteiger partial charge in [-0.05, 0) is 39.3 Å². The quantitative estimate of drug-likeness (QED) is 0.683. The van der Waals surface area contributed by atoms with Crippen LogP contribution in [-0.2, 0) is 11.2 Å². The van der Waals surface area contributed by atoms with E-state index in [9.17, 15) is 4.79 Å². The van der Waals surface area contributed by atoms with Crippen LogP contribution < -0.4 is 0 Å². The Morgan fingerprint density at radius 3 is 2.79 bits per heavy atom. The molecule has 1 amide bonds. The summed E-state index contributed by atoms with van der Waals surface area (Å²) >= 11 is 5.89. The molecule has 1 aliphatic heterocycles. The average molecular weight is 283 g/mol. The lowest BCUT2D eigenvalue weighted by Crippen LogP contribution is -2.42. The van der Waals surface area contributed by atoms with Gasteiger partial charge in [0.05, 0.1) is 6.04 Å². The molecule has 2 heterocycles. The summed E-state index contributed by atoms with van der Waals surface area (Å²) < 4.78 is 5.43. The first-order chi connectivity index (χ1) is 8.78. The molecule has 4 nitrogen and oxygen atoms in total. The molecule has 0 bridgehead atoms. The van der Waals surface area contributed by atoms with E-state index in [-0.39, 0.29) is 12.1 Å². The van der Waals surface area contributed by atoms with Crippen LogP contribution in [0.1, 0.15) is 45.0 Å². The third-order valence-electron chi connectivity index (χ3n) is 3.11. The number of nitrogens with zero attached hydrogens (tertiary/aromatic N) is 2. The van der Waals surface area contributed by atoms with Gasteiger partial charge in [-0.2, -0.15) is 0 Å². The summed E-state index contributed by atoms with van der Waals surface area (Å²) in [5, 5.41) is 0.497. The molecule has 0 N–H and O–H groups in total. The van der Waals surface area contributed by atoms with Crippen molar-refractivity contribution in [2.45, 2.75) is 45.8 Å². The van der Waals surface area contributed by atoms with Crippen LogP contribution in [0.5, 0.6) is 0 Å². The number of hydrogen-bond donors (Lipinski definition) is 0. The summed E-state index contributed by atoms with van der Waals surface area (Å²) in [6, 6.07) is 3.66. The fraction of sp³-hybridized carbons (Fsp3) is 0.571. The molecule has 2 rings (SSSR count). The molecule has 0 aliphatic carbocycles. The minimum Gasteiger partial charge on any atom is -0.444 e. The van der Waals surface area contributed by atoms with Crippen molar-refractivity contribution in [1.29, 1.82) is 0 Å². The largest absolute Gasteiger partial charge is 0.444 e. The van der Waals surface area contributed by atoms with Crippen molar-refractivity contribution >= 4 is 17.7 Å². The molecule has 104 valence electrons. The number of aromatic nitrogens is 1. The Bertz CT molecular complexity index is 497. The fourth-order valence-corrected chi connectivity index (χ4v) is 2.39. The van der Waals surface area contributed by atoms with Gasteiger partial charge in [-0.1, -0.05) is 17.7 Å². The number of carbonyl (C=O) groups is 1. The summed E-state index contributed by atoms with van der Waals surface area (Å²) in [4.78, 5) is 18.2. The maximum Gasteiger partial charge on any atom is 0.410 e. The second-order valence-electron chi connectivity index (χ2n) is 5.77. The molecule has 0 radical (unpaired) electrons. The molecule has 0 saturated carbocycles. The molecular weight excluding hydrogens is 264 g/mol. The molecule has 1 aromatic rings. The Balaban J connectivity index is 2.19. The van der Waals surface area contributed by atoms with E-state index in [4.69, 9.17) is 16.3 Å². The van der Waals surface area contributed by atoms with Gasteiger partial charge in [-0.3, -0.25) is 0 Å². The van der Waals surface area contributed by atoms with E-state index in [1.54, 1.807) is 11.0 Å². The minimum atomic E-state index is -0.477. The number of ether oxygens (including phenoxy) is 1. The summed E-state index contributed by atoms with van der Waals surface area (Å²) in [6.45, 7) is 8.20. The number of halogens is 1. The second-order valence-corrected chi connectivity index (χ2v) is 6.16. The third kappa shape index (κ3) is 3.18. The first-order valence-corrected chi connectivity index (χ1v) is 6.80. The Kier molecular flexibility index (Phi) is 3.72. The van der Waals surface area contributed by atoms with Crippen molar-refractivity contribution in [3.05, 3.63) is 28.5 Å². The Morgan fingerprint density at radius 2 is 2.16 bits per heavy atom. The highest BCUT2D eigenvalue weighted by Crippen LogP contribution is 2.30. The number of fused-ring (bicyclic) bond motifs is 1. The Morgan fingerprint density at radius 1 is 1.47 bits per heavy atom. The maximum atomic E-state index is 12.2. The maximum absolute atomic E-state index is 12.2. The van der Waals surface area contributed by atoms with E-state index >= 15 is 0 Å². The van der Waals surface area contributed by atoms with Crippen molar-refractivity contribution < 1.29 is 9.53 Å². The lowest BCUT2D eigenvalue weighted by Gasteiger charge is -2.35. The van der Waals surface area contributed by atoms with Gasteiger partial charge < -0.3 is 9.64 Å². The molecule has 1 aromatic heterocycles. The van der Waals surface area contributed by atoms with Crippen molar-refractivity contribution in [3.63, 3.8) is 0 Å². The molecule has 19 heavy (non-hydrogen) atoms. The minimum absolute atomic E-state index is 0.0385.